The first-order valence-electron chi connectivity index (χ1n) is 8.35. The Bertz CT molecular complexity index is 967. The number of ether oxygens (including phenoxy) is 1. The summed E-state index contributed by atoms with van der Waals surface area (Å²) < 4.78 is 4.86. The van der Waals surface area contributed by atoms with Crippen molar-refractivity contribution in [3.63, 3.8) is 0 Å². The first-order chi connectivity index (χ1) is 13.4. The van der Waals surface area contributed by atoms with Crippen LogP contribution in [0, 0.1) is 0 Å². The molecule has 1 aliphatic heterocycles. The van der Waals surface area contributed by atoms with Gasteiger partial charge in [-0.1, -0.05) is 6.07 Å². The molecule has 28 heavy (non-hydrogen) atoms. The summed E-state index contributed by atoms with van der Waals surface area (Å²) in [6.45, 7) is -0.518. The van der Waals surface area contributed by atoms with E-state index in [9.17, 15) is 24.0 Å². The number of carbonyl (C=O) groups excluding carboxylic acids is 5. The number of anilines is 1. The Morgan fingerprint density at radius 1 is 1.07 bits per heavy atom. The summed E-state index contributed by atoms with van der Waals surface area (Å²) in [4.78, 5) is 60.8. The largest absolute Gasteiger partial charge is 0.456 e. The summed E-state index contributed by atoms with van der Waals surface area (Å²) in [7, 11) is 1.38. The first-order valence-corrected chi connectivity index (χ1v) is 9.23. The number of hydrogen-bond acceptors (Lipinski definition) is 7. The molecule has 0 radical (unpaired) electrons. The highest BCUT2D eigenvalue weighted by molar-refractivity contribution is 7.12. The molecular formula is C19H16N2O6S. The second kappa shape index (κ2) is 8.13. The lowest BCUT2D eigenvalue weighted by molar-refractivity contribution is -0.147. The van der Waals surface area contributed by atoms with Crippen molar-refractivity contribution in [3.05, 3.63) is 51.7 Å². The van der Waals surface area contributed by atoms with E-state index in [-0.39, 0.29) is 29.8 Å². The van der Waals surface area contributed by atoms with Gasteiger partial charge in [0.2, 0.25) is 0 Å². The lowest BCUT2D eigenvalue weighted by Crippen LogP contribution is -2.24. The summed E-state index contributed by atoms with van der Waals surface area (Å²) in [6.07, 6.45) is -0.110. The van der Waals surface area contributed by atoms with Crippen LogP contribution in [0.2, 0.25) is 0 Å². The van der Waals surface area contributed by atoms with Crippen LogP contribution in [-0.4, -0.2) is 48.0 Å². The molecule has 1 aromatic heterocycles. The molecule has 0 unspecified atom stereocenters. The number of thiophene rings is 1. The van der Waals surface area contributed by atoms with Crippen LogP contribution in [0.5, 0.6) is 0 Å². The standard InChI is InChI=1S/C19H16N2O6S/c1-21-18(25)12-5-4-11(9-13(12)19(21)26)20-16(23)10-27-17(24)7-6-14(22)15-3-2-8-28-15/h2-5,8-9H,6-7,10H2,1H3,(H,20,23). The summed E-state index contributed by atoms with van der Waals surface area (Å²) in [5.74, 6) is -2.25. The Hall–Kier alpha value is -3.33. The molecule has 9 heteroatoms. The van der Waals surface area contributed by atoms with E-state index in [0.717, 1.165) is 4.90 Å². The van der Waals surface area contributed by atoms with Gasteiger partial charge in [0.15, 0.2) is 12.4 Å². The Morgan fingerprint density at radius 3 is 2.54 bits per heavy atom. The number of rotatable bonds is 7. The SMILES string of the molecule is CN1C(=O)c2ccc(NC(=O)COC(=O)CCC(=O)c3cccs3)cc2C1=O. The van der Waals surface area contributed by atoms with Crippen molar-refractivity contribution in [2.45, 2.75) is 12.8 Å². The summed E-state index contributed by atoms with van der Waals surface area (Å²) in [5, 5.41) is 4.28. The zero-order chi connectivity index (χ0) is 20.3. The highest BCUT2D eigenvalue weighted by atomic mass is 32.1. The van der Waals surface area contributed by atoms with E-state index in [1.807, 2.05) is 0 Å². The molecule has 2 heterocycles. The molecule has 1 aromatic carbocycles. The quantitative estimate of drug-likeness (QED) is 0.433. The van der Waals surface area contributed by atoms with Crippen LogP contribution < -0.4 is 5.32 Å². The summed E-state index contributed by atoms with van der Waals surface area (Å²) in [6, 6.07) is 7.78. The van der Waals surface area contributed by atoms with Crippen LogP contribution in [0.4, 0.5) is 5.69 Å². The lowest BCUT2D eigenvalue weighted by atomic mass is 10.1. The topological polar surface area (TPSA) is 110 Å². The molecule has 0 saturated heterocycles. The van der Waals surface area contributed by atoms with E-state index in [4.69, 9.17) is 4.74 Å². The zero-order valence-corrected chi connectivity index (χ0v) is 15.7. The fourth-order valence-electron chi connectivity index (χ4n) is 2.63. The maximum absolute atomic E-state index is 12.0. The highest BCUT2D eigenvalue weighted by Gasteiger charge is 2.32. The monoisotopic (exact) mass is 400 g/mol. The van der Waals surface area contributed by atoms with Crippen molar-refractivity contribution >= 4 is 46.5 Å². The minimum Gasteiger partial charge on any atom is -0.456 e. The van der Waals surface area contributed by atoms with E-state index in [0.29, 0.717) is 10.6 Å². The van der Waals surface area contributed by atoms with Crippen LogP contribution in [-0.2, 0) is 14.3 Å². The van der Waals surface area contributed by atoms with E-state index in [1.165, 1.54) is 36.6 Å². The molecular weight excluding hydrogens is 384 g/mol. The van der Waals surface area contributed by atoms with E-state index in [2.05, 4.69) is 5.32 Å². The molecule has 2 aromatic rings. The van der Waals surface area contributed by atoms with Crippen molar-refractivity contribution in [2.24, 2.45) is 0 Å². The normalized spacial score (nSPS) is 12.7. The van der Waals surface area contributed by atoms with Crippen molar-refractivity contribution in [3.8, 4) is 0 Å². The number of nitrogens with one attached hydrogen (secondary N) is 1. The predicted molar refractivity (Wildman–Crippen MR) is 100 cm³/mol. The third-order valence-corrected chi connectivity index (χ3v) is 5.00. The van der Waals surface area contributed by atoms with Crippen LogP contribution in [0.25, 0.3) is 0 Å². The van der Waals surface area contributed by atoms with E-state index in [1.54, 1.807) is 17.5 Å². The van der Waals surface area contributed by atoms with Crippen molar-refractivity contribution in [1.82, 2.24) is 4.90 Å². The minimum atomic E-state index is -0.656. The van der Waals surface area contributed by atoms with Crippen molar-refractivity contribution in [2.75, 3.05) is 19.0 Å². The van der Waals surface area contributed by atoms with Gasteiger partial charge < -0.3 is 10.1 Å². The fourth-order valence-corrected chi connectivity index (χ4v) is 3.32. The van der Waals surface area contributed by atoms with E-state index >= 15 is 0 Å². The van der Waals surface area contributed by atoms with Gasteiger partial charge >= 0.3 is 5.97 Å². The molecule has 8 nitrogen and oxygen atoms in total. The van der Waals surface area contributed by atoms with Crippen molar-refractivity contribution < 1.29 is 28.7 Å². The summed E-state index contributed by atoms with van der Waals surface area (Å²) >= 11 is 1.30. The number of Topliss-reactive ketones (excluding diaryl/α,β-unsaturated/α-hetero) is 1. The van der Waals surface area contributed by atoms with Crippen LogP contribution in [0.3, 0.4) is 0 Å². The number of nitrogens with zero attached hydrogens (tertiary/aromatic N) is 1. The smallest absolute Gasteiger partial charge is 0.306 e. The maximum atomic E-state index is 12.0. The number of carbonyl (C=O) groups is 5. The Labute approximate surface area is 164 Å². The highest BCUT2D eigenvalue weighted by Crippen LogP contribution is 2.24. The average molecular weight is 400 g/mol. The van der Waals surface area contributed by atoms with Gasteiger partial charge in [-0.2, -0.15) is 0 Å². The molecule has 3 amide bonds. The number of amides is 3. The Morgan fingerprint density at radius 2 is 1.82 bits per heavy atom. The van der Waals surface area contributed by atoms with Crippen LogP contribution in [0.15, 0.2) is 35.7 Å². The van der Waals surface area contributed by atoms with Gasteiger partial charge in [-0.05, 0) is 29.6 Å². The van der Waals surface area contributed by atoms with Gasteiger partial charge in [-0.15, -0.1) is 11.3 Å². The third kappa shape index (κ3) is 4.15. The third-order valence-electron chi connectivity index (χ3n) is 4.09. The minimum absolute atomic E-state index is 0.00937. The molecule has 0 fully saturated rings. The van der Waals surface area contributed by atoms with Gasteiger partial charge in [0.05, 0.1) is 22.4 Å². The van der Waals surface area contributed by atoms with Gasteiger partial charge in [0.1, 0.15) is 0 Å². The van der Waals surface area contributed by atoms with Gasteiger partial charge in [-0.3, -0.25) is 28.9 Å². The second-order valence-electron chi connectivity index (χ2n) is 6.04. The van der Waals surface area contributed by atoms with Gasteiger partial charge in [0.25, 0.3) is 17.7 Å². The van der Waals surface area contributed by atoms with Crippen LogP contribution in [0.1, 0.15) is 43.2 Å². The Kier molecular flexibility index (Phi) is 5.65. The first kappa shape index (κ1) is 19.4. The summed E-state index contributed by atoms with van der Waals surface area (Å²) in [5.41, 5.74) is 0.783. The predicted octanol–water partition coefficient (Wildman–Crippen LogP) is 2.12. The number of fused-ring (bicyclic) bond motifs is 1. The average Bonchev–Trinajstić information content (AvgIpc) is 3.29. The van der Waals surface area contributed by atoms with Gasteiger partial charge in [-0.25, -0.2) is 0 Å². The molecule has 0 saturated carbocycles. The molecule has 3 rings (SSSR count). The molecule has 144 valence electrons. The molecule has 0 atom stereocenters. The number of hydrogen-bond donors (Lipinski definition) is 1. The lowest BCUT2D eigenvalue weighted by Gasteiger charge is -2.07. The van der Waals surface area contributed by atoms with E-state index < -0.39 is 30.3 Å². The van der Waals surface area contributed by atoms with Crippen LogP contribution >= 0.6 is 11.3 Å². The molecule has 0 spiro atoms. The number of esters is 1. The van der Waals surface area contributed by atoms with Crippen molar-refractivity contribution in [1.29, 1.82) is 0 Å². The molecule has 0 aliphatic carbocycles. The van der Waals surface area contributed by atoms with Gasteiger partial charge in [0, 0.05) is 19.2 Å². The second-order valence-corrected chi connectivity index (χ2v) is 6.99. The number of ketones is 1. The Balaban J connectivity index is 1.47. The number of benzene rings is 1. The zero-order valence-electron chi connectivity index (χ0n) is 14.9. The molecule has 1 N–H and O–H groups in total. The number of imide groups is 1. The molecule has 1 aliphatic rings. The maximum Gasteiger partial charge on any atom is 0.306 e. The fraction of sp³-hybridized carbons (Fsp3) is 0.211. The molecule has 0 bridgehead atoms.